The van der Waals surface area contributed by atoms with Crippen LogP contribution in [-0.4, -0.2) is 42.6 Å². The Labute approximate surface area is 174 Å². The predicted molar refractivity (Wildman–Crippen MR) is 109 cm³/mol. The SMILES string of the molecule is CCCCOC(=O)N1CCC(Oc2cc(C(C)=O)ccc2-c2ccc(F)c(F)c2)C1. The molecule has 160 valence electrons. The van der Waals surface area contributed by atoms with Crippen LogP contribution in [0.1, 0.15) is 43.5 Å². The van der Waals surface area contributed by atoms with E-state index in [2.05, 4.69) is 0 Å². The Kier molecular flexibility index (Phi) is 7.03. The van der Waals surface area contributed by atoms with Crippen LogP contribution in [0.15, 0.2) is 36.4 Å². The predicted octanol–water partition coefficient (Wildman–Crippen LogP) is 5.22. The van der Waals surface area contributed by atoms with Gasteiger partial charge in [-0.05, 0) is 43.2 Å². The van der Waals surface area contributed by atoms with E-state index in [9.17, 15) is 18.4 Å². The Hall–Kier alpha value is -2.96. The molecule has 30 heavy (non-hydrogen) atoms. The second-order valence-corrected chi connectivity index (χ2v) is 7.34. The van der Waals surface area contributed by atoms with Crippen molar-refractivity contribution in [3.05, 3.63) is 53.6 Å². The molecule has 1 heterocycles. The molecular weight excluding hydrogens is 392 g/mol. The van der Waals surface area contributed by atoms with Crippen LogP contribution >= 0.6 is 0 Å². The summed E-state index contributed by atoms with van der Waals surface area (Å²) in [5.74, 6) is -1.64. The average molecular weight is 417 g/mol. The molecule has 5 nitrogen and oxygen atoms in total. The number of rotatable bonds is 7. The fourth-order valence-electron chi connectivity index (χ4n) is 3.31. The third-order valence-corrected chi connectivity index (χ3v) is 5.04. The van der Waals surface area contributed by atoms with E-state index in [-0.39, 0.29) is 18.0 Å². The number of halogens is 2. The third-order valence-electron chi connectivity index (χ3n) is 5.04. The molecule has 0 aliphatic carbocycles. The van der Waals surface area contributed by atoms with Crippen molar-refractivity contribution >= 4 is 11.9 Å². The van der Waals surface area contributed by atoms with Crippen LogP contribution in [0.25, 0.3) is 11.1 Å². The van der Waals surface area contributed by atoms with Crippen molar-refractivity contribution in [1.29, 1.82) is 0 Å². The number of ketones is 1. The Morgan fingerprint density at radius 3 is 2.63 bits per heavy atom. The number of Topliss-reactive ketones (excluding diaryl/α,β-unsaturated/α-hetero) is 1. The molecular formula is C23H25F2NO4. The number of unbranched alkanes of at least 4 members (excludes halogenated alkanes) is 1. The molecule has 0 saturated carbocycles. The van der Waals surface area contributed by atoms with Crippen molar-refractivity contribution in [3.63, 3.8) is 0 Å². The molecule has 3 rings (SSSR count). The van der Waals surface area contributed by atoms with E-state index < -0.39 is 11.6 Å². The lowest BCUT2D eigenvalue weighted by molar-refractivity contribution is 0.101. The molecule has 0 bridgehead atoms. The number of likely N-dealkylation sites (tertiary alicyclic amines) is 1. The average Bonchev–Trinajstić information content (AvgIpc) is 3.19. The number of carbonyl (C=O) groups excluding carboxylic acids is 2. The summed E-state index contributed by atoms with van der Waals surface area (Å²) < 4.78 is 38.4. The minimum atomic E-state index is -0.962. The molecule has 1 atom stereocenters. The quantitative estimate of drug-likeness (QED) is 0.458. The number of carbonyl (C=O) groups is 2. The lowest BCUT2D eigenvalue weighted by Crippen LogP contribution is -2.31. The summed E-state index contributed by atoms with van der Waals surface area (Å²) in [6.07, 6.45) is 1.69. The molecule has 1 unspecified atom stereocenters. The van der Waals surface area contributed by atoms with Crippen LogP contribution < -0.4 is 4.74 Å². The summed E-state index contributed by atoms with van der Waals surface area (Å²) in [6, 6.07) is 8.48. The second-order valence-electron chi connectivity index (χ2n) is 7.34. The Bertz CT molecular complexity index is 931. The maximum atomic E-state index is 13.7. The fraction of sp³-hybridized carbons (Fsp3) is 0.391. The van der Waals surface area contributed by atoms with Crippen LogP contribution in [0.5, 0.6) is 5.75 Å². The molecule has 0 spiro atoms. The van der Waals surface area contributed by atoms with Gasteiger partial charge in [-0.2, -0.15) is 0 Å². The molecule has 0 aromatic heterocycles. The first-order chi connectivity index (χ1) is 14.4. The molecule has 0 N–H and O–H groups in total. The zero-order valence-electron chi connectivity index (χ0n) is 17.1. The van der Waals surface area contributed by atoms with Gasteiger partial charge >= 0.3 is 6.09 Å². The van der Waals surface area contributed by atoms with Crippen LogP contribution in [0.3, 0.4) is 0 Å². The third kappa shape index (κ3) is 5.14. The molecule has 1 fully saturated rings. The van der Waals surface area contributed by atoms with E-state index in [1.807, 2.05) is 6.92 Å². The Morgan fingerprint density at radius 1 is 1.13 bits per heavy atom. The summed E-state index contributed by atoms with van der Waals surface area (Å²) in [5, 5.41) is 0. The van der Waals surface area contributed by atoms with Gasteiger partial charge in [-0.25, -0.2) is 13.6 Å². The van der Waals surface area contributed by atoms with Crippen LogP contribution in [0.4, 0.5) is 13.6 Å². The van der Waals surface area contributed by atoms with Crippen molar-refractivity contribution in [2.75, 3.05) is 19.7 Å². The number of nitrogens with zero attached hydrogens (tertiary/aromatic N) is 1. The highest BCUT2D eigenvalue weighted by Crippen LogP contribution is 2.34. The molecule has 2 aromatic rings. The highest BCUT2D eigenvalue weighted by Gasteiger charge is 2.29. The summed E-state index contributed by atoms with van der Waals surface area (Å²) >= 11 is 0. The zero-order chi connectivity index (χ0) is 21.7. The van der Waals surface area contributed by atoms with E-state index in [4.69, 9.17) is 9.47 Å². The van der Waals surface area contributed by atoms with Gasteiger partial charge in [0.25, 0.3) is 0 Å². The van der Waals surface area contributed by atoms with Crippen molar-refractivity contribution in [2.45, 2.75) is 39.2 Å². The number of ether oxygens (including phenoxy) is 2. The standard InChI is InChI=1S/C23H25F2NO4/c1-3-4-11-29-23(28)26-10-9-18(14-26)30-22-13-16(15(2)27)5-7-19(22)17-6-8-20(24)21(25)12-17/h5-8,12-13,18H,3-4,9-11,14H2,1-2H3. The Balaban J connectivity index is 1.79. The normalized spacial score (nSPS) is 15.9. The topological polar surface area (TPSA) is 55.8 Å². The van der Waals surface area contributed by atoms with E-state index in [1.165, 1.54) is 13.0 Å². The molecule has 2 aromatic carbocycles. The molecule has 0 radical (unpaired) electrons. The smallest absolute Gasteiger partial charge is 0.409 e. The van der Waals surface area contributed by atoms with Gasteiger partial charge in [0.05, 0.1) is 13.2 Å². The molecule has 1 amide bonds. The van der Waals surface area contributed by atoms with Crippen LogP contribution in [0.2, 0.25) is 0 Å². The van der Waals surface area contributed by atoms with Gasteiger partial charge in [-0.15, -0.1) is 0 Å². The summed E-state index contributed by atoms with van der Waals surface area (Å²) in [4.78, 5) is 25.5. The first kappa shape index (κ1) is 21.7. The molecule has 7 heteroatoms. The number of benzene rings is 2. The summed E-state index contributed by atoms with van der Waals surface area (Å²) in [7, 11) is 0. The lowest BCUT2D eigenvalue weighted by atomic mass is 10.0. The van der Waals surface area contributed by atoms with Gasteiger partial charge in [-0.1, -0.05) is 25.5 Å². The minimum Gasteiger partial charge on any atom is -0.488 e. The van der Waals surface area contributed by atoms with Gasteiger partial charge in [0.2, 0.25) is 0 Å². The van der Waals surface area contributed by atoms with Crippen LogP contribution in [-0.2, 0) is 4.74 Å². The molecule has 1 saturated heterocycles. The van der Waals surface area contributed by atoms with E-state index in [0.29, 0.717) is 48.6 Å². The highest BCUT2D eigenvalue weighted by molar-refractivity contribution is 5.95. The van der Waals surface area contributed by atoms with Gasteiger partial charge in [0, 0.05) is 24.1 Å². The van der Waals surface area contributed by atoms with Crippen molar-refractivity contribution in [2.24, 2.45) is 0 Å². The first-order valence-electron chi connectivity index (χ1n) is 10.1. The molecule has 1 aliphatic heterocycles. The second kappa shape index (κ2) is 9.69. The summed E-state index contributed by atoms with van der Waals surface area (Å²) in [5.41, 5.74) is 1.43. The molecule has 1 aliphatic rings. The van der Waals surface area contributed by atoms with E-state index in [1.54, 1.807) is 23.1 Å². The zero-order valence-corrected chi connectivity index (χ0v) is 17.1. The maximum Gasteiger partial charge on any atom is 0.409 e. The number of hydrogen-bond acceptors (Lipinski definition) is 4. The van der Waals surface area contributed by atoms with E-state index >= 15 is 0 Å². The number of hydrogen-bond donors (Lipinski definition) is 0. The highest BCUT2D eigenvalue weighted by atomic mass is 19.2. The van der Waals surface area contributed by atoms with Gasteiger partial charge in [-0.3, -0.25) is 4.79 Å². The largest absolute Gasteiger partial charge is 0.488 e. The Morgan fingerprint density at radius 2 is 1.93 bits per heavy atom. The van der Waals surface area contributed by atoms with Crippen molar-refractivity contribution in [1.82, 2.24) is 4.90 Å². The van der Waals surface area contributed by atoms with Crippen LogP contribution in [0, 0.1) is 11.6 Å². The monoisotopic (exact) mass is 417 g/mol. The lowest BCUT2D eigenvalue weighted by Gasteiger charge is -2.19. The van der Waals surface area contributed by atoms with Crippen molar-refractivity contribution < 1.29 is 27.8 Å². The minimum absolute atomic E-state index is 0.135. The van der Waals surface area contributed by atoms with Gasteiger partial charge in [0.1, 0.15) is 11.9 Å². The van der Waals surface area contributed by atoms with Crippen molar-refractivity contribution in [3.8, 4) is 16.9 Å². The maximum absolute atomic E-state index is 13.7. The van der Waals surface area contributed by atoms with Gasteiger partial charge < -0.3 is 14.4 Å². The summed E-state index contributed by atoms with van der Waals surface area (Å²) in [6.45, 7) is 4.71. The van der Waals surface area contributed by atoms with E-state index in [0.717, 1.165) is 25.0 Å². The first-order valence-corrected chi connectivity index (χ1v) is 10.1. The van der Waals surface area contributed by atoms with Gasteiger partial charge in [0.15, 0.2) is 17.4 Å². The number of amides is 1. The fourth-order valence-corrected chi connectivity index (χ4v) is 3.31.